The number of nitrogens with zero attached hydrogens (tertiary/aromatic N) is 3. The highest BCUT2D eigenvalue weighted by Gasteiger charge is 2.47. The van der Waals surface area contributed by atoms with E-state index in [-0.39, 0.29) is 4.90 Å². The molecule has 2 aromatic rings. The fraction of sp³-hybridized carbons (Fsp3) is 0.571. The Hall–Kier alpha value is -1.70. The van der Waals surface area contributed by atoms with E-state index in [1.54, 1.807) is 11.2 Å². The largest absolute Gasteiger partial charge is 0.360 e. The van der Waals surface area contributed by atoms with Gasteiger partial charge in [-0.3, -0.25) is 4.90 Å². The number of hydrogen-bond acceptors (Lipinski definition) is 5. The van der Waals surface area contributed by atoms with Gasteiger partial charge < -0.3 is 4.52 Å². The highest BCUT2D eigenvalue weighted by Crippen LogP contribution is 2.45. The van der Waals surface area contributed by atoms with Gasteiger partial charge in [0, 0.05) is 31.7 Å². The smallest absolute Gasteiger partial charge is 0.248 e. The van der Waals surface area contributed by atoms with Gasteiger partial charge in [0.15, 0.2) is 5.76 Å². The second-order valence-electron chi connectivity index (χ2n) is 8.55. The lowest BCUT2D eigenvalue weighted by Crippen LogP contribution is -2.60. The summed E-state index contributed by atoms with van der Waals surface area (Å²) in [5.41, 5.74) is 1.40. The quantitative estimate of drug-likeness (QED) is 0.790. The van der Waals surface area contributed by atoms with Crippen LogP contribution >= 0.6 is 0 Å². The first-order valence-electron chi connectivity index (χ1n) is 10.3. The zero-order chi connectivity index (χ0) is 19.3. The van der Waals surface area contributed by atoms with Crippen molar-refractivity contribution >= 4 is 10.0 Å². The molecule has 0 radical (unpaired) electrons. The molecule has 28 heavy (non-hydrogen) atoms. The summed E-state index contributed by atoms with van der Waals surface area (Å²) >= 11 is 0. The molecule has 4 atom stereocenters. The van der Waals surface area contributed by atoms with Crippen LogP contribution in [0, 0.1) is 18.8 Å². The van der Waals surface area contributed by atoms with Crippen molar-refractivity contribution in [3.63, 3.8) is 0 Å². The van der Waals surface area contributed by atoms with E-state index in [2.05, 4.69) is 40.4 Å². The molecule has 5 rings (SSSR count). The molecular formula is C21H27N3O3S. The van der Waals surface area contributed by atoms with Crippen LogP contribution in [0.1, 0.15) is 43.0 Å². The van der Waals surface area contributed by atoms with Crippen LogP contribution in [0.3, 0.4) is 0 Å². The van der Waals surface area contributed by atoms with E-state index in [1.165, 1.54) is 31.0 Å². The summed E-state index contributed by atoms with van der Waals surface area (Å²) in [6.07, 6.45) is 6.05. The maximum Gasteiger partial charge on any atom is 0.248 e. The minimum Gasteiger partial charge on any atom is -0.360 e. The molecule has 0 spiro atoms. The first kappa shape index (κ1) is 18.3. The van der Waals surface area contributed by atoms with Gasteiger partial charge in [-0.15, -0.1) is 0 Å². The Labute approximate surface area is 166 Å². The molecule has 0 aliphatic carbocycles. The van der Waals surface area contributed by atoms with Crippen LogP contribution in [-0.2, 0) is 10.0 Å². The highest BCUT2D eigenvalue weighted by atomic mass is 32.2. The van der Waals surface area contributed by atoms with Gasteiger partial charge in [0.05, 0.1) is 6.20 Å². The number of benzene rings is 1. The number of fused-ring (bicyclic) bond motifs is 4. The van der Waals surface area contributed by atoms with Crippen molar-refractivity contribution in [2.45, 2.75) is 49.6 Å². The van der Waals surface area contributed by atoms with Crippen molar-refractivity contribution in [1.29, 1.82) is 0 Å². The third-order valence-electron chi connectivity index (χ3n) is 6.86. The third-order valence-corrected chi connectivity index (χ3v) is 8.79. The van der Waals surface area contributed by atoms with Crippen LogP contribution in [0.25, 0.3) is 0 Å². The van der Waals surface area contributed by atoms with E-state index in [0.29, 0.717) is 42.8 Å². The van der Waals surface area contributed by atoms with Crippen LogP contribution in [0.15, 0.2) is 45.9 Å². The minimum atomic E-state index is -3.54. The van der Waals surface area contributed by atoms with Gasteiger partial charge in [0.1, 0.15) is 4.90 Å². The van der Waals surface area contributed by atoms with E-state index in [9.17, 15) is 8.42 Å². The molecular weight excluding hydrogens is 374 g/mol. The fourth-order valence-corrected chi connectivity index (χ4v) is 7.32. The molecule has 4 heterocycles. The summed E-state index contributed by atoms with van der Waals surface area (Å²) in [5, 5.41) is 3.68. The summed E-state index contributed by atoms with van der Waals surface area (Å²) in [7, 11) is -3.54. The van der Waals surface area contributed by atoms with Gasteiger partial charge in [-0.25, -0.2) is 8.42 Å². The Morgan fingerprint density at radius 3 is 2.68 bits per heavy atom. The summed E-state index contributed by atoms with van der Waals surface area (Å²) in [6, 6.07) is 11.7. The fourth-order valence-electron chi connectivity index (χ4n) is 5.67. The Balaban J connectivity index is 1.41. The highest BCUT2D eigenvalue weighted by molar-refractivity contribution is 7.89. The van der Waals surface area contributed by atoms with Crippen LogP contribution in [0.2, 0.25) is 0 Å². The maximum absolute atomic E-state index is 13.2. The monoisotopic (exact) mass is 401 g/mol. The lowest BCUT2D eigenvalue weighted by atomic mass is 9.74. The molecule has 6 nitrogen and oxygen atoms in total. The Morgan fingerprint density at radius 1 is 1.11 bits per heavy atom. The molecule has 1 aromatic carbocycles. The zero-order valence-electron chi connectivity index (χ0n) is 16.2. The molecule has 7 heteroatoms. The predicted molar refractivity (Wildman–Crippen MR) is 105 cm³/mol. The van der Waals surface area contributed by atoms with Gasteiger partial charge in [-0.05, 0) is 50.0 Å². The lowest BCUT2D eigenvalue weighted by Gasteiger charge is -2.55. The second kappa shape index (κ2) is 6.97. The van der Waals surface area contributed by atoms with Crippen molar-refractivity contribution in [3.8, 4) is 0 Å². The van der Waals surface area contributed by atoms with E-state index in [4.69, 9.17) is 4.52 Å². The number of piperidine rings is 3. The van der Waals surface area contributed by atoms with Gasteiger partial charge in [0.25, 0.3) is 0 Å². The molecule has 3 fully saturated rings. The topological polar surface area (TPSA) is 66.7 Å². The third kappa shape index (κ3) is 3.00. The number of sulfonamides is 1. The van der Waals surface area contributed by atoms with Gasteiger partial charge in [-0.2, -0.15) is 4.31 Å². The SMILES string of the molecule is Cc1oncc1S(=O)(=O)N1C[C@@H]2C[C@H](C1)[C@@H]1CCC[C@H](c3ccccc3)N1C2. The van der Waals surface area contributed by atoms with Crippen molar-refractivity contribution < 1.29 is 12.9 Å². The standard InChI is InChI=1S/C21H27N3O3S/c1-15-21(11-22-27-15)28(25,26)23-12-16-10-18(14-23)20-9-5-8-19(24(20)13-16)17-6-3-2-4-7-17/h2-4,6-7,11,16,18-20H,5,8-10,12-14H2,1H3/t16-,18+,19+,20-/m0/s1. The number of aromatic nitrogens is 1. The normalized spacial score (nSPS) is 31.5. The molecule has 2 bridgehead atoms. The van der Waals surface area contributed by atoms with Crippen molar-refractivity contribution in [1.82, 2.24) is 14.4 Å². The van der Waals surface area contributed by atoms with E-state index in [1.807, 2.05) is 0 Å². The lowest BCUT2D eigenvalue weighted by molar-refractivity contribution is -0.0416. The minimum absolute atomic E-state index is 0.218. The summed E-state index contributed by atoms with van der Waals surface area (Å²) in [5.74, 6) is 1.15. The maximum atomic E-state index is 13.2. The zero-order valence-corrected chi connectivity index (χ0v) is 17.0. The van der Waals surface area contributed by atoms with Gasteiger partial charge in [0.2, 0.25) is 10.0 Å². The van der Waals surface area contributed by atoms with Crippen molar-refractivity contribution in [3.05, 3.63) is 47.9 Å². The molecule has 1 aromatic heterocycles. The molecule has 0 N–H and O–H groups in total. The number of hydrogen-bond donors (Lipinski definition) is 0. The number of aryl methyl sites for hydroxylation is 1. The van der Waals surface area contributed by atoms with Crippen LogP contribution in [0.5, 0.6) is 0 Å². The van der Waals surface area contributed by atoms with Crippen molar-refractivity contribution in [2.24, 2.45) is 11.8 Å². The molecule has 0 unspecified atom stereocenters. The molecule has 150 valence electrons. The Bertz CT molecular complexity index is 943. The molecule has 3 saturated heterocycles. The van der Waals surface area contributed by atoms with E-state index >= 15 is 0 Å². The second-order valence-corrected chi connectivity index (χ2v) is 10.5. The Kier molecular flexibility index (Phi) is 4.56. The van der Waals surface area contributed by atoms with Crippen LogP contribution in [-0.4, -0.2) is 48.5 Å². The summed E-state index contributed by atoms with van der Waals surface area (Å²) in [4.78, 5) is 2.90. The van der Waals surface area contributed by atoms with E-state index < -0.39 is 10.0 Å². The van der Waals surface area contributed by atoms with Gasteiger partial charge in [-0.1, -0.05) is 35.5 Å². The average Bonchev–Trinajstić information content (AvgIpc) is 3.15. The summed E-state index contributed by atoms with van der Waals surface area (Å²) in [6.45, 7) is 3.84. The number of rotatable bonds is 3. The predicted octanol–water partition coefficient (Wildman–Crippen LogP) is 3.22. The molecule has 0 saturated carbocycles. The van der Waals surface area contributed by atoms with Crippen molar-refractivity contribution in [2.75, 3.05) is 19.6 Å². The molecule has 0 amide bonds. The molecule has 3 aliphatic rings. The summed E-state index contributed by atoms with van der Waals surface area (Å²) < 4.78 is 33.0. The molecule has 3 aliphatic heterocycles. The van der Waals surface area contributed by atoms with Gasteiger partial charge >= 0.3 is 0 Å². The Morgan fingerprint density at radius 2 is 1.93 bits per heavy atom. The van der Waals surface area contributed by atoms with E-state index in [0.717, 1.165) is 13.0 Å². The van der Waals surface area contributed by atoms with Crippen LogP contribution in [0.4, 0.5) is 0 Å². The average molecular weight is 402 g/mol. The van der Waals surface area contributed by atoms with Crippen LogP contribution < -0.4 is 0 Å². The first-order chi connectivity index (χ1) is 13.5. The first-order valence-corrected chi connectivity index (χ1v) is 11.7.